The van der Waals surface area contributed by atoms with Gasteiger partial charge in [-0.2, -0.15) is 0 Å². The molecule has 0 aromatic carbocycles. The third kappa shape index (κ3) is 7.97. The molecule has 5 nitrogen and oxygen atoms in total. The van der Waals surface area contributed by atoms with Gasteiger partial charge in [-0.05, 0) is 17.8 Å². The van der Waals surface area contributed by atoms with E-state index in [1.165, 1.54) is 0 Å². The Bertz CT molecular complexity index is 484. The summed E-state index contributed by atoms with van der Waals surface area (Å²) >= 11 is 0. The summed E-state index contributed by atoms with van der Waals surface area (Å²) in [6.07, 6.45) is 3.24. The van der Waals surface area contributed by atoms with Crippen LogP contribution < -0.4 is 5.32 Å². The minimum atomic E-state index is -0.241. The van der Waals surface area contributed by atoms with Gasteiger partial charge in [0.1, 0.15) is 0 Å². The molecule has 0 aromatic heterocycles. The lowest BCUT2D eigenvalue weighted by Gasteiger charge is -2.30. The minimum Gasteiger partial charge on any atom is -0.385 e. The fourth-order valence-corrected chi connectivity index (χ4v) is 2.93. The largest absolute Gasteiger partial charge is 0.385 e. The van der Waals surface area contributed by atoms with Gasteiger partial charge >= 0.3 is 0 Å². The highest BCUT2D eigenvalue weighted by Crippen LogP contribution is 2.35. The summed E-state index contributed by atoms with van der Waals surface area (Å²) in [5, 5.41) is 3.27. The van der Waals surface area contributed by atoms with E-state index < -0.39 is 0 Å². The SMILES string of the molecule is C=CCOCCOCCNC(CC(C)C)=C1C(=O)CC(C)(C)CC1=O. The lowest BCUT2D eigenvalue weighted by molar-refractivity contribution is -0.127. The second-order valence-electron chi connectivity index (χ2n) is 7.72. The number of nitrogens with one attached hydrogen (secondary N) is 1. The molecule has 25 heavy (non-hydrogen) atoms. The van der Waals surface area contributed by atoms with Gasteiger partial charge in [-0.1, -0.05) is 33.8 Å². The zero-order valence-corrected chi connectivity index (χ0v) is 16.2. The maximum atomic E-state index is 12.5. The molecule has 0 spiro atoms. The Hall–Kier alpha value is -1.46. The van der Waals surface area contributed by atoms with Crippen molar-refractivity contribution >= 4 is 11.6 Å². The fourth-order valence-electron chi connectivity index (χ4n) is 2.93. The van der Waals surface area contributed by atoms with E-state index in [4.69, 9.17) is 9.47 Å². The van der Waals surface area contributed by atoms with E-state index in [9.17, 15) is 9.59 Å². The van der Waals surface area contributed by atoms with Gasteiger partial charge in [0.25, 0.3) is 0 Å². The molecule has 142 valence electrons. The summed E-state index contributed by atoms with van der Waals surface area (Å²) in [7, 11) is 0. The van der Waals surface area contributed by atoms with Crippen molar-refractivity contribution in [1.29, 1.82) is 0 Å². The predicted octanol–water partition coefficient (Wildman–Crippen LogP) is 3.05. The first-order valence-corrected chi connectivity index (χ1v) is 9.06. The zero-order valence-electron chi connectivity index (χ0n) is 16.2. The number of carbonyl (C=O) groups is 2. The molecule has 0 saturated heterocycles. The van der Waals surface area contributed by atoms with Crippen molar-refractivity contribution in [2.75, 3.05) is 33.0 Å². The van der Waals surface area contributed by atoms with Gasteiger partial charge in [0.15, 0.2) is 11.6 Å². The Morgan fingerprint density at radius 3 is 2.32 bits per heavy atom. The van der Waals surface area contributed by atoms with Gasteiger partial charge in [0, 0.05) is 25.1 Å². The number of ketones is 2. The van der Waals surface area contributed by atoms with Gasteiger partial charge < -0.3 is 14.8 Å². The topological polar surface area (TPSA) is 64.6 Å². The number of carbonyl (C=O) groups excluding carboxylic acids is 2. The summed E-state index contributed by atoms with van der Waals surface area (Å²) in [4.78, 5) is 25.0. The Kier molecular flexibility index (Phi) is 9.08. The van der Waals surface area contributed by atoms with Gasteiger partial charge in [0.2, 0.25) is 0 Å². The molecule has 0 heterocycles. The highest BCUT2D eigenvalue weighted by Gasteiger charge is 2.37. The Balaban J connectivity index is 2.60. The average Bonchev–Trinajstić information content (AvgIpc) is 2.47. The van der Waals surface area contributed by atoms with Crippen LogP contribution in [0.3, 0.4) is 0 Å². The van der Waals surface area contributed by atoms with Crippen LogP contribution in [0.5, 0.6) is 0 Å². The van der Waals surface area contributed by atoms with E-state index in [0.29, 0.717) is 63.7 Å². The average molecular weight is 351 g/mol. The van der Waals surface area contributed by atoms with Crippen LogP contribution >= 0.6 is 0 Å². The van der Waals surface area contributed by atoms with Crippen LogP contribution in [-0.4, -0.2) is 44.5 Å². The highest BCUT2D eigenvalue weighted by atomic mass is 16.5. The molecule has 1 fully saturated rings. The fraction of sp³-hybridized carbons (Fsp3) is 0.700. The number of hydrogen-bond donors (Lipinski definition) is 1. The lowest BCUT2D eigenvalue weighted by atomic mass is 9.73. The summed E-state index contributed by atoms with van der Waals surface area (Å²) in [5.41, 5.74) is 0.907. The molecule has 1 aliphatic rings. The number of rotatable bonds is 11. The highest BCUT2D eigenvalue weighted by molar-refractivity contribution is 6.22. The van der Waals surface area contributed by atoms with Crippen LogP contribution in [0.2, 0.25) is 0 Å². The van der Waals surface area contributed by atoms with Gasteiger partial charge in [-0.15, -0.1) is 6.58 Å². The molecule has 0 bridgehead atoms. The Morgan fingerprint density at radius 2 is 1.76 bits per heavy atom. The summed E-state index contributed by atoms with van der Waals surface area (Å²) in [6.45, 7) is 14.3. The summed E-state index contributed by atoms with van der Waals surface area (Å²) in [5.74, 6) is 0.282. The van der Waals surface area contributed by atoms with Crippen molar-refractivity contribution in [1.82, 2.24) is 5.32 Å². The van der Waals surface area contributed by atoms with Crippen molar-refractivity contribution in [2.45, 2.75) is 47.0 Å². The number of ether oxygens (including phenoxy) is 2. The van der Waals surface area contributed by atoms with Crippen molar-refractivity contribution in [3.63, 3.8) is 0 Å². The molecule has 1 N–H and O–H groups in total. The summed E-state index contributed by atoms with van der Waals surface area (Å²) in [6, 6.07) is 0. The quantitative estimate of drug-likeness (QED) is 0.268. The molecule has 1 aliphatic carbocycles. The summed E-state index contributed by atoms with van der Waals surface area (Å²) < 4.78 is 10.7. The molecule has 0 aliphatic heterocycles. The molecule has 0 amide bonds. The monoisotopic (exact) mass is 351 g/mol. The molecule has 5 heteroatoms. The van der Waals surface area contributed by atoms with Crippen LogP contribution in [-0.2, 0) is 19.1 Å². The Morgan fingerprint density at radius 1 is 1.16 bits per heavy atom. The van der Waals surface area contributed by atoms with Gasteiger partial charge in [0.05, 0.1) is 32.0 Å². The van der Waals surface area contributed by atoms with Crippen LogP contribution in [0.4, 0.5) is 0 Å². The van der Waals surface area contributed by atoms with Crippen LogP contribution in [0.15, 0.2) is 23.9 Å². The van der Waals surface area contributed by atoms with E-state index >= 15 is 0 Å². The second-order valence-corrected chi connectivity index (χ2v) is 7.72. The number of hydrogen-bond acceptors (Lipinski definition) is 5. The maximum absolute atomic E-state index is 12.5. The number of Topliss-reactive ketones (excluding diaryl/α,β-unsaturated/α-hetero) is 2. The standard InChI is InChI=1S/C20H33NO4/c1-6-8-24-10-11-25-9-7-21-16(12-15(2)3)19-17(22)13-20(4,5)14-18(19)23/h6,15,21H,1,7-14H2,2-5H3. The maximum Gasteiger partial charge on any atom is 0.168 e. The minimum absolute atomic E-state index is 0.0388. The van der Waals surface area contributed by atoms with Gasteiger partial charge in [-0.25, -0.2) is 0 Å². The Labute approximate surface area is 151 Å². The van der Waals surface area contributed by atoms with E-state index in [-0.39, 0.29) is 17.0 Å². The van der Waals surface area contributed by atoms with E-state index in [0.717, 1.165) is 5.70 Å². The van der Waals surface area contributed by atoms with Crippen molar-refractivity contribution in [3.8, 4) is 0 Å². The molecule has 1 rings (SSSR count). The third-order valence-electron chi connectivity index (χ3n) is 3.94. The lowest BCUT2D eigenvalue weighted by Crippen LogP contribution is -2.35. The molecule has 0 radical (unpaired) electrons. The normalized spacial score (nSPS) is 17.1. The molecular weight excluding hydrogens is 318 g/mol. The smallest absolute Gasteiger partial charge is 0.168 e. The van der Waals surface area contributed by atoms with E-state index in [1.54, 1.807) is 6.08 Å². The molecular formula is C20H33NO4. The third-order valence-corrected chi connectivity index (χ3v) is 3.94. The molecule has 0 aromatic rings. The first kappa shape index (κ1) is 21.6. The van der Waals surface area contributed by atoms with E-state index in [1.807, 2.05) is 13.8 Å². The van der Waals surface area contributed by atoms with Crippen molar-refractivity contribution in [3.05, 3.63) is 23.9 Å². The van der Waals surface area contributed by atoms with Crippen molar-refractivity contribution < 1.29 is 19.1 Å². The molecule has 1 saturated carbocycles. The van der Waals surface area contributed by atoms with Crippen LogP contribution in [0.1, 0.15) is 47.0 Å². The second kappa shape index (κ2) is 10.5. The van der Waals surface area contributed by atoms with Crippen LogP contribution in [0.25, 0.3) is 0 Å². The first-order valence-electron chi connectivity index (χ1n) is 9.06. The molecule has 0 unspecified atom stereocenters. The number of allylic oxidation sites excluding steroid dienone is 2. The van der Waals surface area contributed by atoms with Crippen molar-refractivity contribution in [2.24, 2.45) is 11.3 Å². The first-order chi connectivity index (χ1) is 11.8. The van der Waals surface area contributed by atoms with Gasteiger partial charge in [-0.3, -0.25) is 9.59 Å². The predicted molar refractivity (Wildman–Crippen MR) is 99.3 cm³/mol. The van der Waals surface area contributed by atoms with E-state index in [2.05, 4.69) is 25.7 Å². The molecule has 0 atom stereocenters. The van der Waals surface area contributed by atoms with Crippen LogP contribution in [0, 0.1) is 11.3 Å². The zero-order chi connectivity index (χ0) is 18.9.